The van der Waals surface area contributed by atoms with Crippen LogP contribution in [0.1, 0.15) is 19.5 Å². The molecule has 0 saturated carbocycles. The molecule has 2 aromatic carbocycles. The minimum Gasteiger partial charge on any atom is -0.353 e. The first-order valence-corrected chi connectivity index (χ1v) is 10.3. The van der Waals surface area contributed by atoms with E-state index in [0.29, 0.717) is 5.02 Å². The van der Waals surface area contributed by atoms with Gasteiger partial charge in [-0.3, -0.25) is 0 Å². The SMILES string of the molecule is C=C/C=C(\C=C(C)C)c1cc2nc(-c3ccc(-c4ccccc4)cc3)c(Cl)cc2[nH]1. The van der Waals surface area contributed by atoms with E-state index in [-0.39, 0.29) is 0 Å². The molecule has 0 amide bonds. The Hall–Kier alpha value is -3.36. The van der Waals surface area contributed by atoms with Gasteiger partial charge in [-0.1, -0.05) is 96.6 Å². The van der Waals surface area contributed by atoms with E-state index in [2.05, 4.69) is 74.0 Å². The van der Waals surface area contributed by atoms with Gasteiger partial charge < -0.3 is 4.98 Å². The molecule has 0 fully saturated rings. The molecule has 0 saturated heterocycles. The van der Waals surface area contributed by atoms with E-state index in [4.69, 9.17) is 16.6 Å². The van der Waals surface area contributed by atoms with Crippen LogP contribution in [0.15, 0.2) is 97.1 Å². The Labute approximate surface area is 182 Å². The van der Waals surface area contributed by atoms with E-state index < -0.39 is 0 Å². The lowest BCUT2D eigenvalue weighted by Gasteiger charge is -2.06. The number of pyridine rings is 1. The van der Waals surface area contributed by atoms with Gasteiger partial charge in [-0.25, -0.2) is 4.98 Å². The van der Waals surface area contributed by atoms with Crippen molar-refractivity contribution in [3.63, 3.8) is 0 Å². The minimum atomic E-state index is 0.625. The molecule has 0 aliphatic carbocycles. The van der Waals surface area contributed by atoms with Crippen LogP contribution in [0.3, 0.4) is 0 Å². The molecular weight excluding hydrogens is 388 g/mol. The second-order valence-electron chi connectivity index (χ2n) is 7.46. The Balaban J connectivity index is 1.74. The first-order chi connectivity index (χ1) is 14.5. The van der Waals surface area contributed by atoms with Gasteiger partial charge in [0.15, 0.2) is 0 Å². The van der Waals surface area contributed by atoms with Crippen LogP contribution in [0.4, 0.5) is 0 Å². The molecule has 2 heterocycles. The van der Waals surface area contributed by atoms with Gasteiger partial charge in [0, 0.05) is 11.3 Å². The molecule has 4 rings (SSSR count). The van der Waals surface area contributed by atoms with Crippen molar-refractivity contribution in [2.75, 3.05) is 0 Å². The third-order valence-corrected chi connectivity index (χ3v) is 5.16. The topological polar surface area (TPSA) is 28.7 Å². The molecular formula is C27H23ClN2. The summed E-state index contributed by atoms with van der Waals surface area (Å²) >= 11 is 6.60. The number of aromatic amines is 1. The highest BCUT2D eigenvalue weighted by Gasteiger charge is 2.12. The van der Waals surface area contributed by atoms with Crippen molar-refractivity contribution in [1.82, 2.24) is 9.97 Å². The largest absolute Gasteiger partial charge is 0.353 e. The summed E-state index contributed by atoms with van der Waals surface area (Å²) in [5, 5.41) is 0.625. The summed E-state index contributed by atoms with van der Waals surface area (Å²) in [5.41, 5.74) is 9.20. The van der Waals surface area contributed by atoms with E-state index in [1.807, 2.05) is 30.3 Å². The number of allylic oxidation sites excluding steroid dienone is 5. The van der Waals surface area contributed by atoms with Crippen molar-refractivity contribution in [1.29, 1.82) is 0 Å². The second kappa shape index (κ2) is 8.56. The number of hydrogen-bond donors (Lipinski definition) is 1. The zero-order valence-electron chi connectivity index (χ0n) is 17.1. The number of benzene rings is 2. The monoisotopic (exact) mass is 410 g/mol. The Morgan fingerprint density at radius 2 is 1.60 bits per heavy atom. The molecule has 0 spiro atoms. The highest BCUT2D eigenvalue weighted by molar-refractivity contribution is 6.33. The molecule has 30 heavy (non-hydrogen) atoms. The maximum absolute atomic E-state index is 6.60. The molecule has 3 heteroatoms. The lowest BCUT2D eigenvalue weighted by atomic mass is 10.0. The molecule has 0 atom stereocenters. The smallest absolute Gasteiger partial charge is 0.0897 e. The normalized spacial score (nSPS) is 11.5. The molecule has 2 nitrogen and oxygen atoms in total. The number of hydrogen-bond acceptors (Lipinski definition) is 1. The van der Waals surface area contributed by atoms with E-state index in [1.54, 1.807) is 6.08 Å². The van der Waals surface area contributed by atoms with Gasteiger partial charge in [-0.2, -0.15) is 0 Å². The number of rotatable bonds is 5. The third kappa shape index (κ3) is 4.14. The van der Waals surface area contributed by atoms with Gasteiger partial charge in [0.1, 0.15) is 0 Å². The Morgan fingerprint density at radius 3 is 2.27 bits per heavy atom. The van der Waals surface area contributed by atoms with Crippen LogP contribution in [0, 0.1) is 0 Å². The number of halogens is 1. The fourth-order valence-corrected chi connectivity index (χ4v) is 3.75. The average molecular weight is 411 g/mol. The summed E-state index contributed by atoms with van der Waals surface area (Å²) in [6.45, 7) is 7.98. The average Bonchev–Trinajstić information content (AvgIpc) is 3.16. The van der Waals surface area contributed by atoms with Gasteiger partial charge in [-0.05, 0) is 42.7 Å². The quantitative estimate of drug-likeness (QED) is 0.331. The third-order valence-electron chi connectivity index (χ3n) is 4.87. The molecule has 0 radical (unpaired) electrons. The van der Waals surface area contributed by atoms with Gasteiger partial charge in [0.2, 0.25) is 0 Å². The lowest BCUT2D eigenvalue weighted by Crippen LogP contribution is -1.86. The van der Waals surface area contributed by atoms with Crippen LogP contribution in [0.2, 0.25) is 5.02 Å². The lowest BCUT2D eigenvalue weighted by molar-refractivity contribution is 1.36. The zero-order chi connectivity index (χ0) is 21.1. The zero-order valence-corrected chi connectivity index (χ0v) is 17.9. The minimum absolute atomic E-state index is 0.625. The summed E-state index contributed by atoms with van der Waals surface area (Å²) in [5.74, 6) is 0. The molecule has 2 aromatic heterocycles. The van der Waals surface area contributed by atoms with Crippen molar-refractivity contribution < 1.29 is 0 Å². The van der Waals surface area contributed by atoms with Crippen molar-refractivity contribution in [3.8, 4) is 22.4 Å². The summed E-state index contributed by atoms with van der Waals surface area (Å²) in [7, 11) is 0. The van der Waals surface area contributed by atoms with Gasteiger partial charge >= 0.3 is 0 Å². The maximum Gasteiger partial charge on any atom is 0.0897 e. The highest BCUT2D eigenvalue weighted by Crippen LogP contribution is 2.32. The number of nitrogens with one attached hydrogen (secondary N) is 1. The number of fused-ring (bicyclic) bond motifs is 1. The van der Waals surface area contributed by atoms with Gasteiger partial charge in [0.25, 0.3) is 0 Å². The summed E-state index contributed by atoms with van der Waals surface area (Å²) in [6.07, 6.45) is 5.90. The Kier molecular flexibility index (Phi) is 5.69. The molecule has 0 bridgehead atoms. The maximum atomic E-state index is 6.60. The van der Waals surface area contributed by atoms with Crippen LogP contribution in [0.5, 0.6) is 0 Å². The van der Waals surface area contributed by atoms with Crippen LogP contribution in [0.25, 0.3) is 39.0 Å². The van der Waals surface area contributed by atoms with E-state index in [1.165, 1.54) is 16.7 Å². The van der Waals surface area contributed by atoms with Crippen LogP contribution < -0.4 is 0 Å². The summed E-state index contributed by atoms with van der Waals surface area (Å²) in [4.78, 5) is 8.28. The molecule has 4 aromatic rings. The number of aromatic nitrogens is 2. The van der Waals surface area contributed by atoms with Gasteiger partial charge in [0.05, 0.1) is 21.7 Å². The molecule has 1 N–H and O–H groups in total. The predicted molar refractivity (Wildman–Crippen MR) is 130 cm³/mol. The highest BCUT2D eigenvalue weighted by atomic mass is 35.5. The van der Waals surface area contributed by atoms with E-state index >= 15 is 0 Å². The van der Waals surface area contributed by atoms with E-state index in [9.17, 15) is 0 Å². The predicted octanol–water partition coefficient (Wildman–Crippen LogP) is 8.09. The first kappa shape index (κ1) is 19.9. The van der Waals surface area contributed by atoms with Gasteiger partial charge in [-0.15, -0.1) is 0 Å². The fraction of sp³-hybridized carbons (Fsp3) is 0.0741. The Bertz CT molecular complexity index is 1260. The van der Waals surface area contributed by atoms with Crippen molar-refractivity contribution in [3.05, 3.63) is 108 Å². The van der Waals surface area contributed by atoms with Crippen LogP contribution >= 0.6 is 11.6 Å². The fourth-order valence-electron chi connectivity index (χ4n) is 3.49. The molecule has 148 valence electrons. The number of nitrogens with zero attached hydrogens (tertiary/aromatic N) is 1. The summed E-state index contributed by atoms with van der Waals surface area (Å²) in [6, 6.07) is 22.7. The molecule has 0 aliphatic rings. The standard InChI is InChI=1S/C27H23ClN2/c1-4-8-22(15-18(2)3)24-17-26-25(29-24)16-23(28)27(30-26)21-13-11-20(12-14-21)19-9-6-5-7-10-19/h4-17,29H,1H2,2-3H3/b22-8+. The molecule has 0 unspecified atom stereocenters. The van der Waals surface area contributed by atoms with E-state index in [0.717, 1.165) is 33.6 Å². The van der Waals surface area contributed by atoms with Crippen molar-refractivity contribution in [2.24, 2.45) is 0 Å². The number of H-pyrrole nitrogens is 1. The van der Waals surface area contributed by atoms with Crippen LogP contribution in [-0.4, -0.2) is 9.97 Å². The van der Waals surface area contributed by atoms with Crippen LogP contribution in [-0.2, 0) is 0 Å². The first-order valence-electron chi connectivity index (χ1n) is 9.88. The van der Waals surface area contributed by atoms with Crippen molar-refractivity contribution >= 4 is 28.2 Å². The second-order valence-corrected chi connectivity index (χ2v) is 7.86. The van der Waals surface area contributed by atoms with Crippen molar-refractivity contribution in [2.45, 2.75) is 13.8 Å². The summed E-state index contributed by atoms with van der Waals surface area (Å²) < 4.78 is 0. The molecule has 0 aliphatic heterocycles. The Morgan fingerprint density at radius 1 is 0.933 bits per heavy atom.